The van der Waals surface area contributed by atoms with Crippen molar-refractivity contribution in [3.05, 3.63) is 28.8 Å². The number of piperidine rings is 1. The molecular weight excluding hydrogens is 256 g/mol. The average Bonchev–Trinajstić information content (AvgIpc) is 2.32. The van der Waals surface area contributed by atoms with Crippen molar-refractivity contribution in [3.63, 3.8) is 0 Å². The second-order valence-electron chi connectivity index (χ2n) is 6.12. The van der Waals surface area contributed by atoms with Gasteiger partial charge in [0.1, 0.15) is 0 Å². The van der Waals surface area contributed by atoms with Gasteiger partial charge < -0.3 is 10.6 Å². The van der Waals surface area contributed by atoms with E-state index in [1.807, 2.05) is 19.1 Å². The number of para-hydroxylation sites is 1. The van der Waals surface area contributed by atoms with Gasteiger partial charge in [0.15, 0.2) is 0 Å². The van der Waals surface area contributed by atoms with Crippen LogP contribution in [-0.2, 0) is 6.42 Å². The third-order valence-corrected chi connectivity index (χ3v) is 4.57. The lowest BCUT2D eigenvalue weighted by Gasteiger charge is -2.38. The van der Waals surface area contributed by atoms with Gasteiger partial charge >= 0.3 is 0 Å². The quantitative estimate of drug-likeness (QED) is 0.914. The van der Waals surface area contributed by atoms with Gasteiger partial charge in [-0.15, -0.1) is 0 Å². The minimum absolute atomic E-state index is 0.165. The van der Waals surface area contributed by atoms with Gasteiger partial charge in [-0.2, -0.15) is 0 Å². The van der Waals surface area contributed by atoms with Gasteiger partial charge in [-0.3, -0.25) is 0 Å². The van der Waals surface area contributed by atoms with Crippen molar-refractivity contribution in [2.45, 2.75) is 39.7 Å². The summed E-state index contributed by atoms with van der Waals surface area (Å²) in [7, 11) is 0. The molecule has 0 radical (unpaired) electrons. The van der Waals surface area contributed by atoms with Crippen LogP contribution in [0.4, 0.5) is 5.69 Å². The molecule has 0 amide bonds. The van der Waals surface area contributed by atoms with E-state index in [0.29, 0.717) is 5.92 Å². The van der Waals surface area contributed by atoms with E-state index in [2.05, 4.69) is 24.8 Å². The highest BCUT2D eigenvalue weighted by Crippen LogP contribution is 2.35. The zero-order valence-electron chi connectivity index (χ0n) is 12.2. The van der Waals surface area contributed by atoms with Crippen molar-refractivity contribution in [1.29, 1.82) is 0 Å². The van der Waals surface area contributed by atoms with Crippen LogP contribution in [0.2, 0.25) is 5.02 Å². The number of benzene rings is 1. The Morgan fingerprint density at radius 1 is 1.37 bits per heavy atom. The summed E-state index contributed by atoms with van der Waals surface area (Å²) in [6.07, 6.45) is 2.13. The lowest BCUT2D eigenvalue weighted by molar-refractivity contribution is 0.323. The lowest BCUT2D eigenvalue weighted by atomic mass is 9.88. The van der Waals surface area contributed by atoms with Gasteiger partial charge in [-0.1, -0.05) is 37.6 Å². The normalized spacial score (nSPS) is 25.4. The molecule has 0 aliphatic carbocycles. The summed E-state index contributed by atoms with van der Waals surface area (Å²) < 4.78 is 0. The molecule has 1 aromatic carbocycles. The van der Waals surface area contributed by atoms with Crippen LogP contribution in [-0.4, -0.2) is 19.1 Å². The van der Waals surface area contributed by atoms with Crippen molar-refractivity contribution in [2.24, 2.45) is 17.6 Å². The molecule has 1 aliphatic rings. The Bertz CT molecular complexity index is 431. The molecule has 2 N–H and O–H groups in total. The number of anilines is 1. The molecule has 1 aliphatic heterocycles. The van der Waals surface area contributed by atoms with E-state index >= 15 is 0 Å². The maximum atomic E-state index is 6.45. The number of nitrogens with two attached hydrogens (primary N) is 1. The van der Waals surface area contributed by atoms with Crippen molar-refractivity contribution in [2.75, 3.05) is 18.0 Å². The number of halogens is 1. The number of nitrogens with zero attached hydrogens (tertiary/aromatic N) is 1. The molecule has 1 saturated heterocycles. The molecule has 3 heteroatoms. The monoisotopic (exact) mass is 280 g/mol. The largest absolute Gasteiger partial charge is 0.370 e. The topological polar surface area (TPSA) is 29.3 Å². The highest BCUT2D eigenvalue weighted by molar-refractivity contribution is 6.33. The summed E-state index contributed by atoms with van der Waals surface area (Å²) in [4.78, 5) is 2.45. The molecule has 0 spiro atoms. The van der Waals surface area contributed by atoms with Crippen LogP contribution in [0.25, 0.3) is 0 Å². The van der Waals surface area contributed by atoms with Crippen LogP contribution in [0.5, 0.6) is 0 Å². The zero-order chi connectivity index (χ0) is 14.0. The molecule has 1 aromatic rings. The van der Waals surface area contributed by atoms with Crippen LogP contribution in [0.15, 0.2) is 18.2 Å². The van der Waals surface area contributed by atoms with Crippen LogP contribution in [0, 0.1) is 11.8 Å². The van der Waals surface area contributed by atoms with Crippen molar-refractivity contribution >= 4 is 17.3 Å². The predicted molar refractivity (Wildman–Crippen MR) is 84.0 cm³/mol. The first-order valence-electron chi connectivity index (χ1n) is 7.27. The Labute approximate surface area is 121 Å². The van der Waals surface area contributed by atoms with Gasteiger partial charge in [-0.25, -0.2) is 0 Å². The van der Waals surface area contributed by atoms with E-state index in [0.717, 1.165) is 30.5 Å². The predicted octanol–water partition coefficient (Wildman–Crippen LogP) is 3.71. The fourth-order valence-corrected chi connectivity index (χ4v) is 3.21. The fourth-order valence-electron chi connectivity index (χ4n) is 2.89. The zero-order valence-corrected chi connectivity index (χ0v) is 13.0. The van der Waals surface area contributed by atoms with Crippen molar-refractivity contribution in [3.8, 4) is 0 Å². The molecule has 0 aromatic heterocycles. The highest BCUT2D eigenvalue weighted by atomic mass is 35.5. The summed E-state index contributed by atoms with van der Waals surface area (Å²) >= 11 is 6.45. The van der Waals surface area contributed by atoms with Gasteiger partial charge in [-0.05, 0) is 43.2 Å². The molecule has 19 heavy (non-hydrogen) atoms. The number of hydrogen-bond acceptors (Lipinski definition) is 2. The molecular formula is C16H25ClN2. The first kappa shape index (κ1) is 14.7. The second-order valence-corrected chi connectivity index (χ2v) is 6.53. The smallest absolute Gasteiger partial charge is 0.0642 e. The number of hydrogen-bond donors (Lipinski definition) is 1. The van der Waals surface area contributed by atoms with E-state index in [4.69, 9.17) is 17.3 Å². The summed E-state index contributed by atoms with van der Waals surface area (Å²) in [5.41, 5.74) is 8.45. The van der Waals surface area contributed by atoms with Gasteiger partial charge in [0.2, 0.25) is 0 Å². The summed E-state index contributed by atoms with van der Waals surface area (Å²) in [5.74, 6) is 1.52. The minimum atomic E-state index is 0.165. The molecule has 2 rings (SSSR count). The van der Waals surface area contributed by atoms with E-state index in [1.54, 1.807) is 0 Å². The second kappa shape index (κ2) is 6.15. The lowest BCUT2D eigenvalue weighted by Crippen LogP contribution is -2.39. The molecule has 2 nitrogen and oxygen atoms in total. The third kappa shape index (κ3) is 3.43. The third-order valence-electron chi connectivity index (χ3n) is 4.26. The average molecular weight is 281 g/mol. The first-order valence-corrected chi connectivity index (χ1v) is 7.64. The molecule has 1 fully saturated rings. The van der Waals surface area contributed by atoms with Crippen LogP contribution < -0.4 is 10.6 Å². The fraction of sp³-hybridized carbons (Fsp3) is 0.625. The van der Waals surface area contributed by atoms with Crippen LogP contribution in [0.3, 0.4) is 0 Å². The summed E-state index contributed by atoms with van der Waals surface area (Å²) in [5, 5.41) is 0.861. The standard InChI is InChI=1S/C16H25ClN2/c1-11-7-8-19(10-12(11)2)16-14(9-13(3)18)5-4-6-15(16)17/h4-6,11-13H,7-10,18H2,1-3H3. The van der Waals surface area contributed by atoms with Crippen LogP contribution in [0.1, 0.15) is 32.8 Å². The maximum Gasteiger partial charge on any atom is 0.0642 e. The Balaban J connectivity index is 2.27. The number of rotatable bonds is 3. The van der Waals surface area contributed by atoms with E-state index in [-0.39, 0.29) is 6.04 Å². The van der Waals surface area contributed by atoms with Crippen molar-refractivity contribution < 1.29 is 0 Å². The Morgan fingerprint density at radius 3 is 2.74 bits per heavy atom. The SMILES string of the molecule is CC(N)Cc1cccc(Cl)c1N1CCC(C)C(C)C1. The molecule has 3 unspecified atom stereocenters. The van der Waals surface area contributed by atoms with Crippen molar-refractivity contribution in [1.82, 2.24) is 0 Å². The molecule has 0 bridgehead atoms. The Morgan fingerprint density at radius 2 is 2.11 bits per heavy atom. The molecule has 106 valence electrons. The first-order chi connectivity index (χ1) is 8.99. The van der Waals surface area contributed by atoms with Gasteiger partial charge in [0.05, 0.1) is 10.7 Å². The van der Waals surface area contributed by atoms with Gasteiger partial charge in [0, 0.05) is 19.1 Å². The van der Waals surface area contributed by atoms with E-state index in [9.17, 15) is 0 Å². The van der Waals surface area contributed by atoms with E-state index < -0.39 is 0 Å². The Kier molecular flexibility index (Phi) is 4.75. The highest BCUT2D eigenvalue weighted by Gasteiger charge is 2.25. The van der Waals surface area contributed by atoms with Gasteiger partial charge in [0.25, 0.3) is 0 Å². The molecule has 3 atom stereocenters. The minimum Gasteiger partial charge on any atom is -0.370 e. The molecule has 1 heterocycles. The van der Waals surface area contributed by atoms with E-state index in [1.165, 1.54) is 17.7 Å². The summed E-state index contributed by atoms with van der Waals surface area (Å²) in [6.45, 7) is 8.92. The summed E-state index contributed by atoms with van der Waals surface area (Å²) in [6, 6.07) is 6.34. The van der Waals surface area contributed by atoms with Crippen LogP contribution >= 0.6 is 11.6 Å². The maximum absolute atomic E-state index is 6.45. The molecule has 0 saturated carbocycles. The Hall–Kier alpha value is -0.730.